The molecular formula is C22H33N3O6S. The largest absolute Gasteiger partial charge is 0.454 e. The number of esters is 1. The van der Waals surface area contributed by atoms with Gasteiger partial charge >= 0.3 is 5.97 Å². The molecule has 0 bridgehead atoms. The zero-order valence-corrected chi connectivity index (χ0v) is 19.7. The molecule has 2 rings (SSSR count). The van der Waals surface area contributed by atoms with Crippen LogP contribution in [0.2, 0.25) is 0 Å². The van der Waals surface area contributed by atoms with E-state index in [9.17, 15) is 22.8 Å². The summed E-state index contributed by atoms with van der Waals surface area (Å²) in [5, 5.41) is 5.27. The van der Waals surface area contributed by atoms with Crippen molar-refractivity contribution in [2.75, 3.05) is 26.2 Å². The van der Waals surface area contributed by atoms with E-state index in [1.165, 1.54) is 28.6 Å². The maximum absolute atomic E-state index is 12.5. The maximum Gasteiger partial charge on any atom is 0.325 e. The Labute approximate surface area is 189 Å². The Hall–Kier alpha value is -2.46. The molecular weight excluding hydrogens is 434 g/mol. The molecule has 0 aromatic heterocycles. The predicted octanol–water partition coefficient (Wildman–Crippen LogP) is 1.69. The Balaban J connectivity index is 1.77. The second-order valence-corrected chi connectivity index (χ2v) is 9.92. The van der Waals surface area contributed by atoms with E-state index in [-0.39, 0.29) is 22.4 Å². The van der Waals surface area contributed by atoms with Gasteiger partial charge in [-0.1, -0.05) is 20.8 Å². The summed E-state index contributed by atoms with van der Waals surface area (Å²) < 4.78 is 31.2. The first-order valence-electron chi connectivity index (χ1n) is 11.0. The number of hydrogen-bond donors (Lipinski definition) is 2. The Morgan fingerprint density at radius 2 is 1.62 bits per heavy atom. The third-order valence-corrected chi connectivity index (χ3v) is 7.66. The van der Waals surface area contributed by atoms with Crippen molar-refractivity contribution in [1.82, 2.24) is 14.9 Å². The summed E-state index contributed by atoms with van der Waals surface area (Å²) in [7, 11) is -3.61. The van der Waals surface area contributed by atoms with Gasteiger partial charge in [-0.3, -0.25) is 14.4 Å². The van der Waals surface area contributed by atoms with Crippen LogP contribution in [-0.4, -0.2) is 62.8 Å². The number of nitrogens with zero attached hydrogens (tertiary/aromatic N) is 1. The van der Waals surface area contributed by atoms with Gasteiger partial charge in [-0.15, -0.1) is 0 Å². The number of amides is 2. The van der Waals surface area contributed by atoms with Crippen molar-refractivity contribution in [3.8, 4) is 0 Å². The van der Waals surface area contributed by atoms with Gasteiger partial charge in [0.15, 0.2) is 6.61 Å². The van der Waals surface area contributed by atoms with Crippen LogP contribution >= 0.6 is 0 Å². The van der Waals surface area contributed by atoms with E-state index in [1.54, 1.807) is 13.8 Å². The van der Waals surface area contributed by atoms with Crippen molar-refractivity contribution in [3.63, 3.8) is 0 Å². The Bertz CT molecular complexity index is 889. The van der Waals surface area contributed by atoms with Gasteiger partial charge in [0.1, 0.15) is 6.54 Å². The van der Waals surface area contributed by atoms with Crippen LogP contribution in [0.5, 0.6) is 0 Å². The molecule has 32 heavy (non-hydrogen) atoms. The molecule has 2 N–H and O–H groups in total. The lowest BCUT2D eigenvalue weighted by Gasteiger charge is -2.26. The average Bonchev–Trinajstić information content (AvgIpc) is 2.78. The van der Waals surface area contributed by atoms with Crippen molar-refractivity contribution in [3.05, 3.63) is 29.8 Å². The van der Waals surface area contributed by atoms with Crippen LogP contribution in [0.1, 0.15) is 56.8 Å². The fourth-order valence-electron chi connectivity index (χ4n) is 3.62. The number of carbonyl (C=O) groups is 3. The molecule has 2 amide bonds. The number of rotatable bonds is 10. The lowest BCUT2D eigenvalue weighted by molar-refractivity contribution is -0.147. The van der Waals surface area contributed by atoms with Crippen LogP contribution < -0.4 is 10.6 Å². The lowest BCUT2D eigenvalue weighted by atomic mass is 9.87. The number of benzene rings is 1. The van der Waals surface area contributed by atoms with Gasteiger partial charge in [0.05, 0.1) is 4.90 Å². The number of hydrogen-bond acceptors (Lipinski definition) is 6. The minimum atomic E-state index is -3.61. The normalized spacial score (nSPS) is 18.8. The first kappa shape index (κ1) is 25.8. The fraction of sp³-hybridized carbons (Fsp3) is 0.591. The van der Waals surface area contributed by atoms with Crippen molar-refractivity contribution >= 4 is 27.8 Å². The van der Waals surface area contributed by atoms with E-state index < -0.39 is 35.1 Å². The average molecular weight is 468 g/mol. The first-order valence-corrected chi connectivity index (χ1v) is 12.4. The molecule has 1 fully saturated rings. The van der Waals surface area contributed by atoms with Gasteiger partial charge in [-0.25, -0.2) is 8.42 Å². The Morgan fingerprint density at radius 1 is 1.03 bits per heavy atom. The minimum absolute atomic E-state index is 0.0931. The third-order valence-electron chi connectivity index (χ3n) is 5.60. The quantitative estimate of drug-likeness (QED) is 0.505. The summed E-state index contributed by atoms with van der Waals surface area (Å²) in [5.74, 6) is -0.956. The molecule has 1 saturated carbocycles. The summed E-state index contributed by atoms with van der Waals surface area (Å²) in [6.45, 7) is 5.61. The molecule has 1 aliphatic rings. The van der Waals surface area contributed by atoms with Gasteiger partial charge in [-0.2, -0.15) is 4.31 Å². The Morgan fingerprint density at radius 3 is 2.19 bits per heavy atom. The van der Waals surface area contributed by atoms with Gasteiger partial charge in [0.25, 0.3) is 11.8 Å². The van der Waals surface area contributed by atoms with Crippen molar-refractivity contribution in [2.45, 2.75) is 57.4 Å². The second-order valence-electron chi connectivity index (χ2n) is 7.98. The number of nitrogens with one attached hydrogen (secondary N) is 2. The fourth-order valence-corrected chi connectivity index (χ4v) is 5.07. The first-order chi connectivity index (χ1) is 15.2. The molecule has 10 heteroatoms. The third kappa shape index (κ3) is 7.30. The highest BCUT2D eigenvalue weighted by atomic mass is 32.2. The van der Waals surface area contributed by atoms with Crippen LogP contribution in [0, 0.1) is 5.92 Å². The second kappa shape index (κ2) is 12.0. The summed E-state index contributed by atoms with van der Waals surface area (Å²) >= 11 is 0. The minimum Gasteiger partial charge on any atom is -0.454 e. The highest BCUT2D eigenvalue weighted by molar-refractivity contribution is 7.89. The molecule has 0 aliphatic heterocycles. The van der Waals surface area contributed by atoms with Crippen LogP contribution in [0.25, 0.3) is 0 Å². The van der Waals surface area contributed by atoms with Gasteiger partial charge in [0.2, 0.25) is 10.0 Å². The molecule has 0 saturated heterocycles. The van der Waals surface area contributed by atoms with Crippen LogP contribution in [0.4, 0.5) is 0 Å². The molecule has 0 radical (unpaired) electrons. The zero-order chi connectivity index (χ0) is 23.7. The van der Waals surface area contributed by atoms with Crippen molar-refractivity contribution < 1.29 is 27.5 Å². The number of ether oxygens (including phenoxy) is 1. The van der Waals surface area contributed by atoms with Gasteiger partial charge in [0, 0.05) is 24.7 Å². The smallest absolute Gasteiger partial charge is 0.325 e. The molecule has 0 atom stereocenters. The summed E-state index contributed by atoms with van der Waals surface area (Å²) in [6.07, 6.45) is 3.98. The van der Waals surface area contributed by atoms with E-state index in [4.69, 9.17) is 4.74 Å². The number of carbonyl (C=O) groups excluding carboxylic acids is 3. The topological polar surface area (TPSA) is 122 Å². The zero-order valence-electron chi connectivity index (χ0n) is 18.9. The van der Waals surface area contributed by atoms with E-state index in [0.717, 1.165) is 25.7 Å². The molecule has 178 valence electrons. The molecule has 0 unspecified atom stereocenters. The summed E-state index contributed by atoms with van der Waals surface area (Å²) in [4.78, 5) is 36.1. The van der Waals surface area contributed by atoms with Crippen LogP contribution in [0.3, 0.4) is 0 Å². The standard InChI is InChI=1S/C22H33N3O6S/c1-4-25(5-2)32(29,30)19-12-8-17(9-13-19)22(28)23-14-21(27)31-15-20(26)24-18-10-6-16(3)7-11-18/h8-9,12-13,16,18H,4-7,10-11,14-15H2,1-3H3,(H,23,28)(H,24,26). The van der Waals surface area contributed by atoms with Crippen LogP contribution in [-0.2, 0) is 24.3 Å². The van der Waals surface area contributed by atoms with Gasteiger partial charge in [-0.05, 0) is 55.9 Å². The van der Waals surface area contributed by atoms with Crippen molar-refractivity contribution in [1.29, 1.82) is 0 Å². The lowest BCUT2D eigenvalue weighted by Crippen LogP contribution is -2.40. The van der Waals surface area contributed by atoms with E-state index in [0.29, 0.717) is 19.0 Å². The molecule has 9 nitrogen and oxygen atoms in total. The van der Waals surface area contributed by atoms with Crippen LogP contribution in [0.15, 0.2) is 29.2 Å². The predicted molar refractivity (Wildman–Crippen MR) is 119 cm³/mol. The highest BCUT2D eigenvalue weighted by Crippen LogP contribution is 2.23. The number of sulfonamides is 1. The van der Waals surface area contributed by atoms with E-state index >= 15 is 0 Å². The van der Waals surface area contributed by atoms with E-state index in [1.807, 2.05) is 0 Å². The molecule has 0 spiro atoms. The maximum atomic E-state index is 12.5. The summed E-state index contributed by atoms with van der Waals surface area (Å²) in [5.41, 5.74) is 0.209. The molecule has 0 heterocycles. The SMILES string of the molecule is CCN(CC)S(=O)(=O)c1ccc(C(=O)NCC(=O)OCC(=O)NC2CCC(C)CC2)cc1. The van der Waals surface area contributed by atoms with Crippen molar-refractivity contribution in [2.24, 2.45) is 5.92 Å². The molecule has 1 aromatic carbocycles. The molecule has 1 aromatic rings. The monoisotopic (exact) mass is 467 g/mol. The summed E-state index contributed by atoms with van der Waals surface area (Å²) in [6, 6.07) is 5.60. The van der Waals surface area contributed by atoms with Gasteiger partial charge < -0.3 is 15.4 Å². The molecule has 1 aliphatic carbocycles. The van der Waals surface area contributed by atoms with E-state index in [2.05, 4.69) is 17.6 Å². The Kier molecular flexibility index (Phi) is 9.64. The highest BCUT2D eigenvalue weighted by Gasteiger charge is 2.22.